The van der Waals surface area contributed by atoms with Gasteiger partial charge in [-0.1, -0.05) is 18.2 Å². The molecule has 0 saturated heterocycles. The van der Waals surface area contributed by atoms with Crippen molar-refractivity contribution in [1.29, 1.82) is 0 Å². The highest BCUT2D eigenvalue weighted by molar-refractivity contribution is 5.88. The van der Waals surface area contributed by atoms with Crippen molar-refractivity contribution in [2.75, 3.05) is 6.61 Å². The van der Waals surface area contributed by atoms with Crippen LogP contribution in [-0.4, -0.2) is 22.8 Å². The fraction of sp³-hybridized carbons (Fsp3) is 0.182. The first-order valence-corrected chi connectivity index (χ1v) is 4.26. The Morgan fingerprint density at radius 1 is 1.50 bits per heavy atom. The summed E-state index contributed by atoms with van der Waals surface area (Å²) in [6, 6.07) is 4.89. The van der Waals surface area contributed by atoms with E-state index in [1.807, 2.05) is 6.92 Å². The molecule has 0 aromatic heterocycles. The summed E-state index contributed by atoms with van der Waals surface area (Å²) in [5.41, 5.74) is 2.09. The normalized spacial score (nSPS) is 10.7. The molecule has 0 fully saturated rings. The lowest BCUT2D eigenvalue weighted by Crippen LogP contribution is -1.97. The molecule has 0 aliphatic heterocycles. The van der Waals surface area contributed by atoms with Crippen LogP contribution in [0.2, 0.25) is 0 Å². The Kier molecular flexibility index (Phi) is 3.42. The summed E-state index contributed by atoms with van der Waals surface area (Å²) in [7, 11) is 0. The Morgan fingerprint density at radius 3 is 2.71 bits per heavy atom. The number of hydrogen-bond donors (Lipinski definition) is 2. The van der Waals surface area contributed by atoms with Gasteiger partial charge in [-0.05, 0) is 30.2 Å². The Morgan fingerprint density at radius 2 is 2.21 bits per heavy atom. The average Bonchev–Trinajstić information content (AvgIpc) is 2.15. The van der Waals surface area contributed by atoms with Gasteiger partial charge in [-0.25, -0.2) is 4.79 Å². The second-order valence-corrected chi connectivity index (χ2v) is 2.96. The minimum atomic E-state index is -0.925. The third kappa shape index (κ3) is 2.44. The van der Waals surface area contributed by atoms with Crippen LogP contribution in [-0.2, 0) is 0 Å². The molecule has 14 heavy (non-hydrogen) atoms. The van der Waals surface area contributed by atoms with E-state index in [-0.39, 0.29) is 12.2 Å². The summed E-state index contributed by atoms with van der Waals surface area (Å²) >= 11 is 0. The molecule has 1 aromatic rings. The number of carboxylic acid groups (broad SMARTS) is 1. The number of benzene rings is 1. The van der Waals surface area contributed by atoms with Crippen LogP contribution < -0.4 is 0 Å². The minimum Gasteiger partial charge on any atom is -0.478 e. The van der Waals surface area contributed by atoms with Crippen LogP contribution in [0.3, 0.4) is 0 Å². The molecule has 2 N–H and O–H groups in total. The van der Waals surface area contributed by atoms with Gasteiger partial charge in [0.2, 0.25) is 0 Å². The largest absolute Gasteiger partial charge is 0.478 e. The van der Waals surface area contributed by atoms with Gasteiger partial charge < -0.3 is 10.2 Å². The number of hydrogen-bond acceptors (Lipinski definition) is 2. The summed E-state index contributed by atoms with van der Waals surface area (Å²) < 4.78 is 0. The summed E-state index contributed by atoms with van der Waals surface area (Å²) in [5, 5.41) is 17.3. The fourth-order valence-corrected chi connectivity index (χ4v) is 1.18. The van der Waals surface area contributed by atoms with Crippen molar-refractivity contribution in [3.8, 4) is 0 Å². The lowest BCUT2D eigenvalue weighted by atomic mass is 10.0. The van der Waals surface area contributed by atoms with Crippen LogP contribution in [0, 0.1) is 6.92 Å². The topological polar surface area (TPSA) is 57.5 Å². The monoisotopic (exact) mass is 192 g/mol. The molecule has 0 bridgehead atoms. The molecule has 0 amide bonds. The number of carboxylic acids is 1. The molecule has 0 aliphatic carbocycles. The molecule has 0 atom stereocenters. The first-order chi connectivity index (χ1) is 6.65. The quantitative estimate of drug-likeness (QED) is 0.766. The van der Waals surface area contributed by atoms with Gasteiger partial charge in [0, 0.05) is 0 Å². The minimum absolute atomic E-state index is 0.0138. The molecule has 1 rings (SSSR count). The summed E-state index contributed by atoms with van der Waals surface area (Å²) in [5.74, 6) is -0.925. The molecule has 0 saturated carbocycles. The van der Waals surface area contributed by atoms with E-state index in [9.17, 15) is 4.79 Å². The maximum Gasteiger partial charge on any atom is 0.335 e. The maximum atomic E-state index is 10.6. The summed E-state index contributed by atoms with van der Waals surface area (Å²) in [4.78, 5) is 10.6. The van der Waals surface area contributed by atoms with E-state index >= 15 is 0 Å². The number of rotatable bonds is 3. The molecule has 0 heterocycles. The number of aliphatic hydroxyl groups is 1. The zero-order valence-corrected chi connectivity index (χ0v) is 7.90. The van der Waals surface area contributed by atoms with Gasteiger partial charge in [0.15, 0.2) is 0 Å². The Bertz CT molecular complexity index is 367. The van der Waals surface area contributed by atoms with Crippen molar-refractivity contribution in [3.05, 3.63) is 41.0 Å². The lowest BCUT2D eigenvalue weighted by Gasteiger charge is -2.01. The van der Waals surface area contributed by atoms with Crippen LogP contribution in [0.4, 0.5) is 0 Å². The predicted octanol–water partition coefficient (Wildman–Crippen LogP) is 1.70. The highest BCUT2D eigenvalue weighted by Crippen LogP contribution is 2.12. The van der Waals surface area contributed by atoms with E-state index < -0.39 is 5.97 Å². The fourth-order valence-electron chi connectivity index (χ4n) is 1.18. The number of carbonyl (C=O) groups is 1. The van der Waals surface area contributed by atoms with Crippen LogP contribution in [0.25, 0.3) is 6.08 Å². The molecular weight excluding hydrogens is 180 g/mol. The Balaban J connectivity index is 3.01. The molecule has 74 valence electrons. The number of aryl methyl sites for hydroxylation is 1. The third-order valence-electron chi connectivity index (χ3n) is 1.92. The van der Waals surface area contributed by atoms with E-state index in [2.05, 4.69) is 0 Å². The molecule has 0 radical (unpaired) electrons. The van der Waals surface area contributed by atoms with Crippen molar-refractivity contribution in [3.63, 3.8) is 0 Å². The second kappa shape index (κ2) is 4.58. The van der Waals surface area contributed by atoms with Gasteiger partial charge in [0.1, 0.15) is 0 Å². The standard InChI is InChI=1S/C11H12O3/c1-8-7-10(11(13)14)5-4-9(8)3-2-6-12/h2-5,7,12H,6H2,1H3,(H,13,14). The SMILES string of the molecule is Cc1cc(C(=O)O)ccc1C=CCO. The van der Waals surface area contributed by atoms with Crippen LogP contribution in [0.5, 0.6) is 0 Å². The van der Waals surface area contributed by atoms with Gasteiger partial charge in [-0.15, -0.1) is 0 Å². The summed E-state index contributed by atoms with van der Waals surface area (Å²) in [6.45, 7) is 1.82. The van der Waals surface area contributed by atoms with E-state index in [1.54, 1.807) is 30.4 Å². The molecule has 0 unspecified atom stereocenters. The first-order valence-electron chi connectivity index (χ1n) is 4.26. The average molecular weight is 192 g/mol. The second-order valence-electron chi connectivity index (χ2n) is 2.96. The van der Waals surface area contributed by atoms with Crippen molar-refractivity contribution in [2.24, 2.45) is 0 Å². The van der Waals surface area contributed by atoms with E-state index in [0.717, 1.165) is 11.1 Å². The van der Waals surface area contributed by atoms with Gasteiger partial charge in [0.05, 0.1) is 12.2 Å². The molecule has 0 aliphatic rings. The van der Waals surface area contributed by atoms with Gasteiger partial charge in [0.25, 0.3) is 0 Å². The number of aliphatic hydroxyl groups excluding tert-OH is 1. The van der Waals surface area contributed by atoms with E-state index in [0.29, 0.717) is 0 Å². The van der Waals surface area contributed by atoms with Crippen molar-refractivity contribution in [2.45, 2.75) is 6.92 Å². The van der Waals surface area contributed by atoms with Crippen molar-refractivity contribution in [1.82, 2.24) is 0 Å². The maximum absolute atomic E-state index is 10.6. The van der Waals surface area contributed by atoms with Crippen molar-refractivity contribution < 1.29 is 15.0 Å². The Hall–Kier alpha value is -1.61. The number of aromatic carboxylic acids is 1. The van der Waals surface area contributed by atoms with E-state index in [4.69, 9.17) is 10.2 Å². The summed E-state index contributed by atoms with van der Waals surface area (Å²) in [6.07, 6.45) is 3.38. The molecule has 0 spiro atoms. The molecule has 3 nitrogen and oxygen atoms in total. The highest BCUT2D eigenvalue weighted by Gasteiger charge is 2.03. The molecule has 3 heteroatoms. The third-order valence-corrected chi connectivity index (χ3v) is 1.92. The van der Waals surface area contributed by atoms with Crippen LogP contribution in [0.15, 0.2) is 24.3 Å². The zero-order valence-electron chi connectivity index (χ0n) is 7.90. The van der Waals surface area contributed by atoms with Gasteiger partial charge in [-0.3, -0.25) is 0 Å². The Labute approximate surface area is 82.3 Å². The van der Waals surface area contributed by atoms with E-state index in [1.165, 1.54) is 0 Å². The van der Waals surface area contributed by atoms with Crippen LogP contribution in [0.1, 0.15) is 21.5 Å². The zero-order chi connectivity index (χ0) is 10.6. The lowest BCUT2D eigenvalue weighted by molar-refractivity contribution is 0.0697. The van der Waals surface area contributed by atoms with Gasteiger partial charge in [-0.2, -0.15) is 0 Å². The molecular formula is C11H12O3. The van der Waals surface area contributed by atoms with Crippen molar-refractivity contribution >= 4 is 12.0 Å². The van der Waals surface area contributed by atoms with Gasteiger partial charge >= 0.3 is 5.97 Å². The molecule has 1 aromatic carbocycles. The smallest absolute Gasteiger partial charge is 0.335 e. The van der Waals surface area contributed by atoms with Crippen LogP contribution >= 0.6 is 0 Å². The highest BCUT2D eigenvalue weighted by atomic mass is 16.4. The predicted molar refractivity (Wildman–Crippen MR) is 54.3 cm³/mol. The first kappa shape index (κ1) is 10.5.